The van der Waals surface area contributed by atoms with E-state index < -0.39 is 35.2 Å². The number of Topliss-reactive ketones (excluding diaryl/α,β-unsaturated/α-hetero) is 1. The van der Waals surface area contributed by atoms with E-state index in [1.807, 2.05) is 0 Å². The van der Waals surface area contributed by atoms with Gasteiger partial charge in [0.05, 0.1) is 5.69 Å². The zero-order valence-corrected chi connectivity index (χ0v) is 13.1. The molecule has 0 aromatic heterocycles. The van der Waals surface area contributed by atoms with E-state index in [0.29, 0.717) is 23.3 Å². The molecule has 0 aliphatic rings. The first kappa shape index (κ1) is 16.9. The number of aliphatic imine (C=N–C) groups is 1. The van der Waals surface area contributed by atoms with E-state index in [0.717, 1.165) is 11.3 Å². The molecular weight excluding hydrogens is 303 g/mol. The van der Waals surface area contributed by atoms with Crippen molar-refractivity contribution in [2.75, 3.05) is 0 Å². The van der Waals surface area contributed by atoms with E-state index in [-0.39, 0.29) is 0 Å². The molecule has 0 unspecified atom stereocenters. The lowest BCUT2D eigenvalue weighted by Crippen LogP contribution is -2.09. The fraction of sp³-hybridized carbons (Fsp3) is 0.222. The quantitative estimate of drug-likeness (QED) is 0.584. The fourth-order valence-corrected chi connectivity index (χ4v) is 2.38. The Morgan fingerprint density at radius 1 is 1.04 bits per heavy atom. The molecule has 0 heterocycles. The van der Waals surface area contributed by atoms with Crippen LogP contribution in [0.4, 0.5) is 18.9 Å². The first-order valence-corrected chi connectivity index (χ1v) is 7.10. The highest BCUT2D eigenvalue weighted by atomic mass is 19.1. The van der Waals surface area contributed by atoms with Gasteiger partial charge in [-0.1, -0.05) is 0 Å². The van der Waals surface area contributed by atoms with Gasteiger partial charge in [-0.2, -0.15) is 0 Å². The maximum Gasteiger partial charge on any atom is 0.167 e. The molecule has 0 spiro atoms. The van der Waals surface area contributed by atoms with Crippen LogP contribution in [0.25, 0.3) is 0 Å². The van der Waals surface area contributed by atoms with Crippen molar-refractivity contribution in [3.8, 4) is 0 Å². The topological polar surface area (TPSA) is 29.4 Å². The van der Waals surface area contributed by atoms with Gasteiger partial charge in [0.2, 0.25) is 0 Å². The number of carbonyl (C=O) groups excluding carboxylic acids is 1. The van der Waals surface area contributed by atoms with Gasteiger partial charge < -0.3 is 0 Å². The van der Waals surface area contributed by atoms with Crippen molar-refractivity contribution < 1.29 is 18.0 Å². The molecule has 0 bridgehead atoms. The number of hydrogen-bond donors (Lipinski definition) is 0. The SMILES string of the molecule is C/C=N\c1cc(C)c(C(=O)Cc2c(F)cc(F)cc2F)cc1C. The smallest absolute Gasteiger partial charge is 0.167 e. The van der Waals surface area contributed by atoms with Gasteiger partial charge in [-0.05, 0) is 44.0 Å². The third-order valence-electron chi connectivity index (χ3n) is 3.55. The van der Waals surface area contributed by atoms with Gasteiger partial charge in [0.15, 0.2) is 5.78 Å². The third-order valence-corrected chi connectivity index (χ3v) is 3.55. The van der Waals surface area contributed by atoms with Gasteiger partial charge in [-0.3, -0.25) is 9.79 Å². The van der Waals surface area contributed by atoms with Gasteiger partial charge >= 0.3 is 0 Å². The molecule has 0 amide bonds. The van der Waals surface area contributed by atoms with Gasteiger partial charge in [-0.25, -0.2) is 13.2 Å². The van der Waals surface area contributed by atoms with E-state index in [2.05, 4.69) is 4.99 Å². The van der Waals surface area contributed by atoms with Crippen LogP contribution in [0.1, 0.15) is 34.0 Å². The molecular formula is C18H16F3NO. The summed E-state index contributed by atoms with van der Waals surface area (Å²) < 4.78 is 40.3. The summed E-state index contributed by atoms with van der Waals surface area (Å²) in [6.45, 7) is 5.32. The van der Waals surface area contributed by atoms with Crippen molar-refractivity contribution in [1.82, 2.24) is 0 Å². The second kappa shape index (κ2) is 6.77. The summed E-state index contributed by atoms with van der Waals surface area (Å²) in [5.74, 6) is -3.55. The number of rotatable bonds is 4. The molecule has 2 rings (SSSR count). The Morgan fingerprint density at radius 3 is 2.22 bits per heavy atom. The summed E-state index contributed by atoms with van der Waals surface area (Å²) in [6, 6.07) is 4.55. The Bertz CT molecular complexity index is 774. The average Bonchev–Trinajstić information content (AvgIpc) is 2.46. The fourth-order valence-electron chi connectivity index (χ4n) is 2.38. The lowest BCUT2D eigenvalue weighted by Gasteiger charge is -2.10. The largest absolute Gasteiger partial charge is 0.294 e. The molecule has 0 fully saturated rings. The molecule has 0 aliphatic heterocycles. The highest BCUT2D eigenvalue weighted by molar-refractivity contribution is 5.99. The van der Waals surface area contributed by atoms with E-state index >= 15 is 0 Å². The second-order valence-corrected chi connectivity index (χ2v) is 5.29. The Kier molecular flexibility index (Phi) is 4.98. The molecule has 5 heteroatoms. The number of aryl methyl sites for hydroxylation is 2. The first-order valence-electron chi connectivity index (χ1n) is 7.10. The Hall–Kier alpha value is -2.43. The molecule has 0 N–H and O–H groups in total. The molecule has 0 aliphatic carbocycles. The Morgan fingerprint density at radius 2 is 1.65 bits per heavy atom. The Labute approximate surface area is 132 Å². The van der Waals surface area contributed by atoms with Crippen LogP contribution in [0.2, 0.25) is 0 Å². The van der Waals surface area contributed by atoms with Crippen molar-refractivity contribution >= 4 is 17.7 Å². The van der Waals surface area contributed by atoms with Crippen LogP contribution in [0, 0.1) is 31.3 Å². The monoisotopic (exact) mass is 319 g/mol. The number of benzene rings is 2. The summed E-state index contributed by atoms with van der Waals surface area (Å²) in [6.07, 6.45) is 1.18. The summed E-state index contributed by atoms with van der Waals surface area (Å²) in [7, 11) is 0. The molecule has 2 aromatic carbocycles. The van der Waals surface area contributed by atoms with Gasteiger partial charge in [-0.15, -0.1) is 0 Å². The lowest BCUT2D eigenvalue weighted by atomic mass is 9.96. The molecule has 2 nitrogen and oxygen atoms in total. The van der Waals surface area contributed by atoms with Crippen LogP contribution in [-0.2, 0) is 6.42 Å². The molecule has 0 saturated heterocycles. The molecule has 2 aromatic rings. The van der Waals surface area contributed by atoms with Crippen LogP contribution in [-0.4, -0.2) is 12.0 Å². The predicted octanol–water partition coefficient (Wildman–Crippen LogP) is 4.87. The zero-order valence-electron chi connectivity index (χ0n) is 13.1. The van der Waals surface area contributed by atoms with Crippen LogP contribution < -0.4 is 0 Å². The van der Waals surface area contributed by atoms with Gasteiger partial charge in [0.1, 0.15) is 17.5 Å². The molecule has 0 saturated carbocycles. The maximum atomic E-state index is 13.7. The van der Waals surface area contributed by atoms with Crippen molar-refractivity contribution in [2.24, 2.45) is 4.99 Å². The van der Waals surface area contributed by atoms with E-state index in [1.54, 1.807) is 39.1 Å². The zero-order chi connectivity index (χ0) is 17.1. The summed E-state index contributed by atoms with van der Waals surface area (Å²) >= 11 is 0. The molecule has 0 atom stereocenters. The molecule has 23 heavy (non-hydrogen) atoms. The summed E-state index contributed by atoms with van der Waals surface area (Å²) in [4.78, 5) is 16.6. The number of nitrogens with zero attached hydrogens (tertiary/aromatic N) is 1. The first-order chi connectivity index (χ1) is 10.8. The highest BCUT2D eigenvalue weighted by Gasteiger charge is 2.18. The van der Waals surface area contributed by atoms with Gasteiger partial charge in [0, 0.05) is 35.9 Å². The van der Waals surface area contributed by atoms with Crippen LogP contribution in [0.3, 0.4) is 0 Å². The third kappa shape index (κ3) is 3.67. The normalized spacial score (nSPS) is 11.2. The minimum absolute atomic E-state index is 0.376. The van der Waals surface area contributed by atoms with Crippen molar-refractivity contribution in [3.05, 3.63) is 64.0 Å². The summed E-state index contributed by atoms with van der Waals surface area (Å²) in [5.41, 5.74) is 2.15. The Balaban J connectivity index is 2.37. The lowest BCUT2D eigenvalue weighted by molar-refractivity contribution is 0.0990. The van der Waals surface area contributed by atoms with Gasteiger partial charge in [0.25, 0.3) is 0 Å². The maximum absolute atomic E-state index is 13.7. The van der Waals surface area contributed by atoms with Crippen LogP contribution >= 0.6 is 0 Å². The molecule has 120 valence electrons. The van der Waals surface area contributed by atoms with Crippen LogP contribution in [0.5, 0.6) is 0 Å². The number of ketones is 1. The van der Waals surface area contributed by atoms with Crippen molar-refractivity contribution in [3.63, 3.8) is 0 Å². The number of hydrogen-bond acceptors (Lipinski definition) is 2. The predicted molar refractivity (Wildman–Crippen MR) is 84.1 cm³/mol. The van der Waals surface area contributed by atoms with E-state index in [4.69, 9.17) is 0 Å². The van der Waals surface area contributed by atoms with Crippen LogP contribution in [0.15, 0.2) is 29.3 Å². The minimum Gasteiger partial charge on any atom is -0.294 e. The van der Waals surface area contributed by atoms with Crippen molar-refractivity contribution in [2.45, 2.75) is 27.2 Å². The second-order valence-electron chi connectivity index (χ2n) is 5.29. The standard InChI is InChI=1S/C18H16F3NO/c1-4-22-17-6-10(2)13(5-11(17)3)18(23)9-14-15(20)7-12(19)8-16(14)21/h4-8H,9H2,1-3H3/b22-4-. The molecule has 0 radical (unpaired) electrons. The number of carbonyl (C=O) groups is 1. The minimum atomic E-state index is -1.06. The number of halogens is 3. The highest BCUT2D eigenvalue weighted by Crippen LogP contribution is 2.25. The van der Waals surface area contributed by atoms with E-state index in [1.165, 1.54) is 0 Å². The summed E-state index contributed by atoms with van der Waals surface area (Å²) in [5, 5.41) is 0. The van der Waals surface area contributed by atoms with Crippen molar-refractivity contribution in [1.29, 1.82) is 0 Å². The average molecular weight is 319 g/mol. The van der Waals surface area contributed by atoms with E-state index in [9.17, 15) is 18.0 Å².